The van der Waals surface area contributed by atoms with Gasteiger partial charge in [-0.15, -0.1) is 0 Å². The fourth-order valence-electron chi connectivity index (χ4n) is 4.55. The van der Waals surface area contributed by atoms with Crippen LogP contribution in [-0.2, 0) is 0 Å². The number of benzene rings is 5. The van der Waals surface area contributed by atoms with E-state index in [-0.39, 0.29) is 0 Å². The molecule has 41 heavy (non-hydrogen) atoms. The van der Waals surface area contributed by atoms with E-state index in [0.29, 0.717) is 0 Å². The van der Waals surface area contributed by atoms with Crippen LogP contribution in [0.25, 0.3) is 0 Å². The van der Waals surface area contributed by atoms with E-state index in [1.807, 2.05) is 18.2 Å². The van der Waals surface area contributed by atoms with E-state index in [2.05, 4.69) is 173 Å². The van der Waals surface area contributed by atoms with Gasteiger partial charge in [-0.05, 0) is 76.2 Å². The van der Waals surface area contributed by atoms with E-state index >= 15 is 0 Å². The SMILES string of the molecule is Cc1cc(C)cc(C)c1.Cc1cc(C)cc(C)c1.Cc1cccc(C)c1.Cc1cccc(C)c1.Cc1ccccc1. The van der Waals surface area contributed by atoms with Crippen molar-refractivity contribution in [2.24, 2.45) is 0 Å². The molecule has 0 unspecified atom stereocenters. The number of aryl methyl sites for hydroxylation is 11. The van der Waals surface area contributed by atoms with Crippen LogP contribution in [0.2, 0.25) is 0 Å². The van der Waals surface area contributed by atoms with Crippen LogP contribution in [-0.4, -0.2) is 0 Å². The average molecular weight is 545 g/mol. The first-order valence-electron chi connectivity index (χ1n) is 14.5. The molecule has 0 heteroatoms. The van der Waals surface area contributed by atoms with E-state index in [1.165, 1.54) is 61.2 Å². The molecule has 0 spiro atoms. The van der Waals surface area contributed by atoms with Crippen molar-refractivity contribution in [2.45, 2.75) is 76.2 Å². The summed E-state index contributed by atoms with van der Waals surface area (Å²) in [7, 11) is 0. The van der Waals surface area contributed by atoms with Crippen molar-refractivity contribution in [2.75, 3.05) is 0 Å². The highest BCUT2D eigenvalue weighted by molar-refractivity contribution is 5.28. The Morgan fingerprint density at radius 1 is 0.195 bits per heavy atom. The zero-order chi connectivity index (χ0) is 30.8. The second-order valence-electron chi connectivity index (χ2n) is 11.3. The van der Waals surface area contributed by atoms with Gasteiger partial charge in [0.1, 0.15) is 0 Å². The predicted molar refractivity (Wildman–Crippen MR) is 184 cm³/mol. The summed E-state index contributed by atoms with van der Waals surface area (Å²) in [5.41, 5.74) is 14.8. The van der Waals surface area contributed by atoms with Gasteiger partial charge in [0.25, 0.3) is 0 Å². The van der Waals surface area contributed by atoms with Crippen molar-refractivity contribution in [1.82, 2.24) is 0 Å². The molecule has 0 bridgehead atoms. The zero-order valence-electron chi connectivity index (χ0n) is 27.5. The summed E-state index contributed by atoms with van der Waals surface area (Å²) >= 11 is 0. The first-order valence-corrected chi connectivity index (χ1v) is 14.5. The van der Waals surface area contributed by atoms with Crippen molar-refractivity contribution in [3.05, 3.63) is 176 Å². The topological polar surface area (TPSA) is 0 Å². The summed E-state index contributed by atoms with van der Waals surface area (Å²) < 4.78 is 0. The molecule has 0 heterocycles. The first-order chi connectivity index (χ1) is 19.3. The molecule has 216 valence electrons. The highest BCUT2D eigenvalue weighted by atomic mass is 13.9. The smallest absolute Gasteiger partial charge is 0.0398 e. The van der Waals surface area contributed by atoms with Crippen LogP contribution in [0.3, 0.4) is 0 Å². The third-order valence-corrected chi connectivity index (χ3v) is 6.02. The zero-order valence-corrected chi connectivity index (χ0v) is 27.5. The Kier molecular flexibility index (Phi) is 16.5. The summed E-state index contributed by atoms with van der Waals surface area (Å²) in [6.07, 6.45) is 0. The van der Waals surface area contributed by atoms with E-state index in [0.717, 1.165) is 0 Å². The van der Waals surface area contributed by atoms with Gasteiger partial charge in [0.05, 0.1) is 0 Å². The van der Waals surface area contributed by atoms with Gasteiger partial charge in [-0.2, -0.15) is 0 Å². The third kappa shape index (κ3) is 18.1. The Balaban J connectivity index is 0.000000257. The van der Waals surface area contributed by atoms with E-state index in [4.69, 9.17) is 0 Å². The van der Waals surface area contributed by atoms with Crippen LogP contribution < -0.4 is 0 Å². The molecule has 5 rings (SSSR count). The van der Waals surface area contributed by atoms with E-state index < -0.39 is 0 Å². The molecule has 0 radical (unpaired) electrons. The van der Waals surface area contributed by atoms with Crippen molar-refractivity contribution >= 4 is 0 Å². The maximum absolute atomic E-state index is 2.19. The fourth-order valence-corrected chi connectivity index (χ4v) is 4.55. The van der Waals surface area contributed by atoms with Gasteiger partial charge in [-0.1, -0.05) is 176 Å². The lowest BCUT2D eigenvalue weighted by Crippen LogP contribution is -1.78. The molecule has 0 saturated heterocycles. The summed E-state index contributed by atoms with van der Waals surface area (Å²) in [4.78, 5) is 0. The van der Waals surface area contributed by atoms with Gasteiger partial charge in [-0.25, -0.2) is 0 Å². The molecule has 0 nitrogen and oxygen atoms in total. The van der Waals surface area contributed by atoms with Crippen molar-refractivity contribution in [1.29, 1.82) is 0 Å². The quantitative estimate of drug-likeness (QED) is 0.182. The first kappa shape index (κ1) is 35.1. The molecule has 0 aliphatic rings. The molecule has 0 aromatic heterocycles. The highest BCUT2D eigenvalue weighted by Gasteiger charge is 1.88. The van der Waals surface area contributed by atoms with E-state index in [9.17, 15) is 0 Å². The average Bonchev–Trinajstić information content (AvgIpc) is 2.84. The summed E-state index contributed by atoms with van der Waals surface area (Å²) in [5.74, 6) is 0. The minimum Gasteiger partial charge on any atom is -0.0622 e. The molecule has 5 aromatic carbocycles. The van der Waals surface area contributed by atoms with Crippen LogP contribution in [0.15, 0.2) is 115 Å². The van der Waals surface area contributed by atoms with Crippen molar-refractivity contribution < 1.29 is 0 Å². The Hall–Kier alpha value is -3.90. The Labute approximate surface area is 252 Å². The van der Waals surface area contributed by atoms with Crippen LogP contribution in [0.4, 0.5) is 0 Å². The lowest BCUT2D eigenvalue weighted by atomic mass is 10.1. The molecular formula is C41H52. The standard InChI is InChI=1S/2C9H12.2C8H10.C7H8/c2*1-7-4-8(2)6-9(3)5-7;2*1-7-4-3-5-8(2)6-7;1-7-5-3-2-4-6-7/h2*4-6H,1-3H3;2*3-6H,1-2H3;2-6H,1H3. The van der Waals surface area contributed by atoms with Crippen molar-refractivity contribution in [3.63, 3.8) is 0 Å². The second-order valence-corrected chi connectivity index (χ2v) is 11.3. The fraction of sp³-hybridized carbons (Fsp3) is 0.268. The maximum Gasteiger partial charge on any atom is -0.0398 e. The summed E-state index contributed by atoms with van der Waals surface area (Å²) in [6.45, 7) is 23.2. The normalized spacial score (nSPS) is 9.34. The molecule has 0 aliphatic heterocycles. The molecule has 0 aliphatic carbocycles. The molecule has 0 fully saturated rings. The largest absolute Gasteiger partial charge is 0.0622 e. The summed E-state index contributed by atoms with van der Waals surface area (Å²) in [5, 5.41) is 0. The molecule has 5 aromatic rings. The molecule has 0 N–H and O–H groups in total. The molecular weight excluding hydrogens is 492 g/mol. The monoisotopic (exact) mass is 544 g/mol. The maximum atomic E-state index is 2.19. The molecule has 0 amide bonds. The number of rotatable bonds is 0. The van der Waals surface area contributed by atoms with Gasteiger partial charge in [0.2, 0.25) is 0 Å². The Morgan fingerprint density at radius 2 is 0.390 bits per heavy atom. The third-order valence-electron chi connectivity index (χ3n) is 6.02. The Bertz CT molecular complexity index is 1200. The van der Waals surface area contributed by atoms with Gasteiger partial charge in [0, 0.05) is 0 Å². The van der Waals surface area contributed by atoms with Gasteiger partial charge in [-0.3, -0.25) is 0 Å². The van der Waals surface area contributed by atoms with Crippen molar-refractivity contribution in [3.8, 4) is 0 Å². The second kappa shape index (κ2) is 19.2. The van der Waals surface area contributed by atoms with Crippen LogP contribution >= 0.6 is 0 Å². The molecule has 0 atom stereocenters. The van der Waals surface area contributed by atoms with Crippen LogP contribution in [0.1, 0.15) is 61.2 Å². The van der Waals surface area contributed by atoms with Crippen LogP contribution in [0, 0.1) is 76.2 Å². The van der Waals surface area contributed by atoms with Gasteiger partial charge >= 0.3 is 0 Å². The predicted octanol–water partition coefficient (Wildman–Crippen LogP) is 11.8. The number of hydrogen-bond acceptors (Lipinski definition) is 0. The minimum absolute atomic E-state index is 1.32. The lowest BCUT2D eigenvalue weighted by Gasteiger charge is -1.96. The van der Waals surface area contributed by atoms with E-state index in [1.54, 1.807) is 0 Å². The minimum atomic E-state index is 1.32. The van der Waals surface area contributed by atoms with Crippen LogP contribution in [0.5, 0.6) is 0 Å². The molecule has 0 saturated carbocycles. The van der Waals surface area contributed by atoms with Gasteiger partial charge in [0.15, 0.2) is 0 Å². The van der Waals surface area contributed by atoms with Gasteiger partial charge < -0.3 is 0 Å². The summed E-state index contributed by atoms with van der Waals surface area (Å²) in [6, 6.07) is 40.3. The lowest BCUT2D eigenvalue weighted by molar-refractivity contribution is 1.32. The highest BCUT2D eigenvalue weighted by Crippen LogP contribution is 2.07. The number of hydrogen-bond donors (Lipinski definition) is 0. The Morgan fingerprint density at radius 3 is 0.537 bits per heavy atom.